The maximum atomic E-state index is 11.6. The molecule has 0 aliphatic rings. The lowest BCUT2D eigenvalue weighted by Gasteiger charge is -2.14. The molecule has 0 radical (unpaired) electrons. The van der Waals surface area contributed by atoms with Gasteiger partial charge in [-0.15, -0.1) is 0 Å². The van der Waals surface area contributed by atoms with Crippen molar-refractivity contribution in [2.75, 3.05) is 5.32 Å². The quantitative estimate of drug-likeness (QED) is 0.785. The van der Waals surface area contributed by atoms with Gasteiger partial charge in [0.25, 0.3) is 0 Å². The molecule has 0 saturated heterocycles. The van der Waals surface area contributed by atoms with E-state index < -0.39 is 0 Å². The van der Waals surface area contributed by atoms with Crippen LogP contribution in [0.4, 0.5) is 5.82 Å². The minimum atomic E-state index is -0.215. The van der Waals surface area contributed by atoms with Crippen molar-refractivity contribution in [3.8, 4) is 0 Å². The molecule has 4 heteroatoms. The average molecular weight is 207 g/mol. The van der Waals surface area contributed by atoms with E-state index in [1.165, 1.54) is 0 Å². The zero-order valence-electron chi connectivity index (χ0n) is 9.32. The predicted octanol–water partition coefficient (Wildman–Crippen LogP) is 1.31. The minimum absolute atomic E-state index is 0.0944. The van der Waals surface area contributed by atoms with Gasteiger partial charge in [0.1, 0.15) is 5.82 Å². The molecule has 0 aliphatic heterocycles. The summed E-state index contributed by atoms with van der Waals surface area (Å²) in [4.78, 5) is 15.7. The predicted molar refractivity (Wildman–Crippen MR) is 60.4 cm³/mol. The van der Waals surface area contributed by atoms with E-state index in [2.05, 4.69) is 10.3 Å². The van der Waals surface area contributed by atoms with Crippen LogP contribution in [0, 0.1) is 12.8 Å². The van der Waals surface area contributed by atoms with Crippen LogP contribution in [0.3, 0.4) is 0 Å². The molecule has 0 spiro atoms. The number of nitrogens with two attached hydrogens (primary N) is 1. The molecular formula is C11H17N3O. The molecule has 0 saturated carbocycles. The maximum Gasteiger partial charge on any atom is 0.229 e. The molecule has 0 aromatic carbocycles. The third-order valence-corrected chi connectivity index (χ3v) is 2.37. The molecule has 1 aromatic heterocycles. The molecular weight excluding hydrogens is 190 g/mol. The van der Waals surface area contributed by atoms with Crippen LogP contribution in [0.1, 0.15) is 19.4 Å². The second kappa shape index (κ2) is 4.89. The van der Waals surface area contributed by atoms with Crippen molar-refractivity contribution in [2.45, 2.75) is 26.8 Å². The standard InChI is InChI=1S/C11H17N3O/c1-7-4-5-13-10(6-7)14-11(15)8(2)9(3)12/h4-6,8-9H,12H2,1-3H3,(H,13,14,15). The molecule has 0 bridgehead atoms. The van der Waals surface area contributed by atoms with Gasteiger partial charge >= 0.3 is 0 Å². The van der Waals surface area contributed by atoms with E-state index in [-0.39, 0.29) is 17.9 Å². The minimum Gasteiger partial charge on any atom is -0.327 e. The van der Waals surface area contributed by atoms with E-state index in [4.69, 9.17) is 5.73 Å². The zero-order chi connectivity index (χ0) is 11.4. The largest absolute Gasteiger partial charge is 0.327 e. The van der Waals surface area contributed by atoms with E-state index in [0.717, 1.165) is 5.56 Å². The third-order valence-electron chi connectivity index (χ3n) is 2.37. The van der Waals surface area contributed by atoms with Crippen LogP contribution in [-0.4, -0.2) is 16.9 Å². The first-order valence-corrected chi connectivity index (χ1v) is 5.00. The van der Waals surface area contributed by atoms with Gasteiger partial charge in [0.05, 0.1) is 5.92 Å². The number of carbonyl (C=O) groups is 1. The first-order chi connectivity index (χ1) is 7.00. The Bertz CT molecular complexity index is 349. The van der Waals surface area contributed by atoms with Gasteiger partial charge in [0.15, 0.2) is 0 Å². The number of rotatable bonds is 3. The van der Waals surface area contributed by atoms with E-state index in [0.29, 0.717) is 5.82 Å². The summed E-state index contributed by atoms with van der Waals surface area (Å²) in [6, 6.07) is 3.55. The fourth-order valence-corrected chi connectivity index (χ4v) is 1.08. The number of hydrogen-bond acceptors (Lipinski definition) is 3. The van der Waals surface area contributed by atoms with Crippen LogP contribution in [0.2, 0.25) is 0 Å². The van der Waals surface area contributed by atoms with Crippen molar-refractivity contribution in [1.29, 1.82) is 0 Å². The van der Waals surface area contributed by atoms with E-state index in [1.54, 1.807) is 13.1 Å². The number of anilines is 1. The van der Waals surface area contributed by atoms with Crippen molar-refractivity contribution in [2.24, 2.45) is 11.7 Å². The molecule has 82 valence electrons. The summed E-state index contributed by atoms with van der Waals surface area (Å²) in [5.41, 5.74) is 6.70. The number of amides is 1. The molecule has 1 aromatic rings. The topological polar surface area (TPSA) is 68.0 Å². The molecule has 2 unspecified atom stereocenters. The van der Waals surface area contributed by atoms with Crippen LogP contribution >= 0.6 is 0 Å². The normalized spacial score (nSPS) is 14.4. The number of nitrogens with one attached hydrogen (secondary N) is 1. The second-order valence-electron chi connectivity index (χ2n) is 3.86. The average Bonchev–Trinajstić information content (AvgIpc) is 2.16. The third kappa shape index (κ3) is 3.32. The lowest BCUT2D eigenvalue weighted by Crippen LogP contribution is -2.34. The van der Waals surface area contributed by atoms with E-state index in [1.807, 2.05) is 26.0 Å². The molecule has 4 nitrogen and oxygen atoms in total. The van der Waals surface area contributed by atoms with Gasteiger partial charge < -0.3 is 11.1 Å². The summed E-state index contributed by atoms with van der Waals surface area (Å²) in [6.07, 6.45) is 1.67. The van der Waals surface area contributed by atoms with Crippen LogP contribution in [0.5, 0.6) is 0 Å². The number of nitrogens with zero attached hydrogens (tertiary/aromatic N) is 1. The highest BCUT2D eigenvalue weighted by atomic mass is 16.1. The van der Waals surface area contributed by atoms with Crippen LogP contribution in [-0.2, 0) is 4.79 Å². The summed E-state index contributed by atoms with van der Waals surface area (Å²) in [5.74, 6) is 0.267. The number of aryl methyl sites for hydroxylation is 1. The monoisotopic (exact) mass is 207 g/mol. The lowest BCUT2D eigenvalue weighted by atomic mass is 10.0. The van der Waals surface area contributed by atoms with Gasteiger partial charge in [0.2, 0.25) is 5.91 Å². The van der Waals surface area contributed by atoms with Crippen molar-refractivity contribution in [3.05, 3.63) is 23.9 Å². The molecule has 2 atom stereocenters. The molecule has 3 N–H and O–H groups in total. The van der Waals surface area contributed by atoms with Gasteiger partial charge in [-0.3, -0.25) is 4.79 Å². The summed E-state index contributed by atoms with van der Waals surface area (Å²) in [5, 5.41) is 2.73. The Morgan fingerprint density at radius 3 is 2.73 bits per heavy atom. The molecule has 1 heterocycles. The first kappa shape index (κ1) is 11.7. The Hall–Kier alpha value is -1.42. The Morgan fingerprint density at radius 1 is 1.53 bits per heavy atom. The van der Waals surface area contributed by atoms with Gasteiger partial charge in [-0.2, -0.15) is 0 Å². The second-order valence-corrected chi connectivity index (χ2v) is 3.86. The smallest absolute Gasteiger partial charge is 0.229 e. The number of carbonyl (C=O) groups excluding carboxylic acids is 1. The molecule has 0 fully saturated rings. The van der Waals surface area contributed by atoms with E-state index in [9.17, 15) is 4.79 Å². The van der Waals surface area contributed by atoms with E-state index >= 15 is 0 Å². The van der Waals surface area contributed by atoms with Gasteiger partial charge in [-0.05, 0) is 31.5 Å². The van der Waals surface area contributed by atoms with Crippen molar-refractivity contribution < 1.29 is 4.79 Å². The molecule has 0 aliphatic carbocycles. The number of pyridine rings is 1. The lowest BCUT2D eigenvalue weighted by molar-refractivity contribution is -0.119. The van der Waals surface area contributed by atoms with Gasteiger partial charge in [-0.25, -0.2) is 4.98 Å². The first-order valence-electron chi connectivity index (χ1n) is 5.00. The highest BCUT2D eigenvalue weighted by molar-refractivity contribution is 5.91. The highest BCUT2D eigenvalue weighted by Crippen LogP contribution is 2.08. The Kier molecular flexibility index (Phi) is 3.80. The summed E-state index contributed by atoms with van der Waals surface area (Å²) >= 11 is 0. The molecule has 1 rings (SSSR count). The van der Waals surface area contributed by atoms with Gasteiger partial charge in [0, 0.05) is 12.2 Å². The molecule has 15 heavy (non-hydrogen) atoms. The zero-order valence-corrected chi connectivity index (χ0v) is 9.32. The van der Waals surface area contributed by atoms with Crippen LogP contribution in [0.15, 0.2) is 18.3 Å². The number of hydrogen-bond donors (Lipinski definition) is 2. The van der Waals surface area contributed by atoms with Crippen molar-refractivity contribution >= 4 is 11.7 Å². The van der Waals surface area contributed by atoms with Crippen molar-refractivity contribution in [3.63, 3.8) is 0 Å². The number of aromatic nitrogens is 1. The summed E-state index contributed by atoms with van der Waals surface area (Å²) in [6.45, 7) is 5.57. The SMILES string of the molecule is Cc1ccnc(NC(=O)C(C)C(C)N)c1. The Morgan fingerprint density at radius 2 is 2.20 bits per heavy atom. The fraction of sp³-hybridized carbons (Fsp3) is 0.455. The summed E-state index contributed by atoms with van der Waals surface area (Å²) < 4.78 is 0. The maximum absolute atomic E-state index is 11.6. The molecule has 1 amide bonds. The Labute approximate surface area is 89.9 Å². The Balaban J connectivity index is 2.66. The van der Waals surface area contributed by atoms with Crippen LogP contribution < -0.4 is 11.1 Å². The van der Waals surface area contributed by atoms with Gasteiger partial charge in [-0.1, -0.05) is 6.92 Å². The summed E-state index contributed by atoms with van der Waals surface area (Å²) in [7, 11) is 0. The van der Waals surface area contributed by atoms with Crippen LogP contribution in [0.25, 0.3) is 0 Å². The van der Waals surface area contributed by atoms with Crippen molar-refractivity contribution in [1.82, 2.24) is 4.98 Å². The fourth-order valence-electron chi connectivity index (χ4n) is 1.08. The highest BCUT2D eigenvalue weighted by Gasteiger charge is 2.17.